The highest BCUT2D eigenvalue weighted by Crippen LogP contribution is 2.55. The molecule has 2 aliphatic rings. The maximum absolute atomic E-state index is 13.2. The Morgan fingerprint density at radius 3 is 2.06 bits per heavy atom. The molecule has 1 aliphatic carbocycles. The quantitative estimate of drug-likeness (QED) is 0.372. The molecule has 1 atom stereocenters. The Balaban J connectivity index is 1.78. The molecule has 5 rings (SSSR count). The zero-order valence-corrected chi connectivity index (χ0v) is 20.0. The van der Waals surface area contributed by atoms with Gasteiger partial charge >= 0.3 is 5.97 Å². The summed E-state index contributed by atoms with van der Waals surface area (Å²) in [5.74, 6) is 0.241. The molecule has 1 saturated heterocycles. The number of benzene rings is 3. The molecular formula is C25H20Cl3N3O2. The van der Waals surface area contributed by atoms with Crippen molar-refractivity contribution in [1.29, 1.82) is 0 Å². The van der Waals surface area contributed by atoms with Crippen molar-refractivity contribution < 1.29 is 9.53 Å². The summed E-state index contributed by atoms with van der Waals surface area (Å²) in [6, 6.07) is 21.6. The Bertz CT molecular complexity index is 1260. The number of rotatable bonds is 4. The fourth-order valence-electron chi connectivity index (χ4n) is 4.49. The van der Waals surface area contributed by atoms with Crippen LogP contribution in [0.2, 0.25) is 15.1 Å². The van der Waals surface area contributed by atoms with Crippen LogP contribution in [0, 0.1) is 0 Å². The number of anilines is 2. The summed E-state index contributed by atoms with van der Waals surface area (Å²) in [4.78, 5) is 22.2. The van der Waals surface area contributed by atoms with Crippen molar-refractivity contribution in [3.63, 3.8) is 0 Å². The van der Waals surface area contributed by atoms with Gasteiger partial charge in [-0.2, -0.15) is 0 Å². The Labute approximate surface area is 207 Å². The van der Waals surface area contributed by atoms with Crippen LogP contribution in [0.25, 0.3) is 0 Å². The number of esters is 1. The first-order chi connectivity index (χ1) is 15.9. The van der Waals surface area contributed by atoms with Crippen LogP contribution in [0.5, 0.6) is 0 Å². The SMILES string of the molecule is COC(=O)[C@H]1N(c2cccc(Cl)c2)C(=Nc2cccc(Cl)c2)N(c2cccc(Cl)c2)C12CC2. The Kier molecular flexibility index (Phi) is 5.73. The molecule has 8 heteroatoms. The number of nitrogens with zero attached hydrogens (tertiary/aromatic N) is 3. The van der Waals surface area contributed by atoms with E-state index in [1.54, 1.807) is 18.2 Å². The van der Waals surface area contributed by atoms with E-state index in [0.29, 0.717) is 26.7 Å². The second-order valence-electron chi connectivity index (χ2n) is 8.09. The fourth-order valence-corrected chi connectivity index (χ4v) is 5.04. The lowest BCUT2D eigenvalue weighted by Crippen LogP contribution is -2.46. The van der Waals surface area contributed by atoms with E-state index >= 15 is 0 Å². The average Bonchev–Trinajstić information content (AvgIpc) is 3.51. The largest absolute Gasteiger partial charge is 0.467 e. The minimum Gasteiger partial charge on any atom is -0.467 e. The number of guanidine groups is 1. The van der Waals surface area contributed by atoms with E-state index in [9.17, 15) is 4.79 Å². The molecule has 0 unspecified atom stereocenters. The molecular weight excluding hydrogens is 481 g/mol. The second kappa shape index (κ2) is 8.56. The van der Waals surface area contributed by atoms with E-state index in [1.165, 1.54) is 7.11 Å². The van der Waals surface area contributed by atoms with Crippen LogP contribution >= 0.6 is 34.8 Å². The molecule has 0 bridgehead atoms. The zero-order valence-electron chi connectivity index (χ0n) is 17.7. The molecule has 1 aliphatic heterocycles. The maximum atomic E-state index is 13.2. The van der Waals surface area contributed by atoms with Crippen molar-refractivity contribution in [3.8, 4) is 0 Å². The van der Waals surface area contributed by atoms with Crippen LogP contribution in [0.15, 0.2) is 77.8 Å². The third-order valence-electron chi connectivity index (χ3n) is 6.00. The first kappa shape index (κ1) is 22.1. The molecule has 168 valence electrons. The molecule has 3 aromatic carbocycles. The van der Waals surface area contributed by atoms with E-state index in [2.05, 4.69) is 4.90 Å². The van der Waals surface area contributed by atoms with Crippen LogP contribution in [0.3, 0.4) is 0 Å². The summed E-state index contributed by atoms with van der Waals surface area (Å²) in [7, 11) is 1.41. The number of ether oxygens (including phenoxy) is 1. The van der Waals surface area contributed by atoms with Gasteiger partial charge in [-0.15, -0.1) is 0 Å². The predicted molar refractivity (Wildman–Crippen MR) is 134 cm³/mol. The smallest absolute Gasteiger partial charge is 0.331 e. The lowest BCUT2D eigenvalue weighted by atomic mass is 10.0. The number of halogens is 3. The number of hydrogen-bond donors (Lipinski definition) is 0. The summed E-state index contributed by atoms with van der Waals surface area (Å²) in [6.07, 6.45) is 1.59. The van der Waals surface area contributed by atoms with Crippen molar-refractivity contribution >= 4 is 63.8 Å². The number of carbonyl (C=O) groups is 1. The van der Waals surface area contributed by atoms with Crippen molar-refractivity contribution in [2.24, 2.45) is 4.99 Å². The lowest BCUT2D eigenvalue weighted by molar-refractivity contribution is -0.142. The first-order valence-electron chi connectivity index (χ1n) is 10.5. The van der Waals surface area contributed by atoms with Gasteiger partial charge in [-0.3, -0.25) is 4.90 Å². The minimum absolute atomic E-state index is 0.337. The van der Waals surface area contributed by atoms with E-state index in [0.717, 1.165) is 24.2 Å². The van der Waals surface area contributed by atoms with Gasteiger partial charge in [0.1, 0.15) is 0 Å². The Hall–Kier alpha value is -2.73. The van der Waals surface area contributed by atoms with Crippen molar-refractivity contribution in [1.82, 2.24) is 0 Å². The first-order valence-corrected chi connectivity index (χ1v) is 11.6. The van der Waals surface area contributed by atoms with Crippen LogP contribution in [0.4, 0.5) is 17.1 Å². The van der Waals surface area contributed by atoms with Gasteiger partial charge in [0.05, 0.1) is 18.3 Å². The average molecular weight is 501 g/mol. The summed E-state index contributed by atoms with van der Waals surface area (Å²) in [5, 5.41) is 1.73. The number of carbonyl (C=O) groups excluding carboxylic acids is 1. The van der Waals surface area contributed by atoms with Gasteiger partial charge in [0, 0.05) is 26.4 Å². The normalized spacial score (nSPS) is 19.9. The molecule has 33 heavy (non-hydrogen) atoms. The molecule has 2 fully saturated rings. The van der Waals surface area contributed by atoms with Gasteiger partial charge < -0.3 is 9.64 Å². The summed E-state index contributed by atoms with van der Waals surface area (Å²) in [6.45, 7) is 0. The maximum Gasteiger partial charge on any atom is 0.331 e. The molecule has 0 aromatic heterocycles. The molecule has 3 aromatic rings. The third kappa shape index (κ3) is 3.95. The van der Waals surface area contributed by atoms with E-state index in [1.807, 2.05) is 59.5 Å². The molecule has 0 radical (unpaired) electrons. The van der Waals surface area contributed by atoms with Gasteiger partial charge in [-0.1, -0.05) is 53.0 Å². The van der Waals surface area contributed by atoms with Crippen LogP contribution in [0.1, 0.15) is 12.8 Å². The van der Waals surface area contributed by atoms with Crippen molar-refractivity contribution in [2.75, 3.05) is 16.9 Å². The fraction of sp³-hybridized carbons (Fsp3) is 0.200. The minimum atomic E-state index is -0.613. The summed E-state index contributed by atoms with van der Waals surface area (Å²) in [5.41, 5.74) is 1.74. The standard InChI is InChI=1S/C25H20Cl3N3O2/c1-33-23(32)22-25(11-12-25)31(21-10-4-7-18(28)15-21)24(29-19-8-2-5-16(26)13-19)30(22)20-9-3-6-17(27)14-20/h2-10,13-15,22H,11-12H2,1H3/t22-/m1/s1. The van der Waals surface area contributed by atoms with E-state index < -0.39 is 11.6 Å². The second-order valence-corrected chi connectivity index (χ2v) is 9.40. The van der Waals surface area contributed by atoms with Gasteiger partial charge in [-0.25, -0.2) is 9.79 Å². The number of hydrogen-bond acceptors (Lipinski definition) is 3. The number of methoxy groups -OCH3 is 1. The molecule has 0 amide bonds. The third-order valence-corrected chi connectivity index (χ3v) is 6.71. The zero-order chi connectivity index (χ0) is 23.2. The van der Waals surface area contributed by atoms with Gasteiger partial charge in [-0.05, 0) is 67.4 Å². The van der Waals surface area contributed by atoms with Crippen LogP contribution in [-0.2, 0) is 9.53 Å². The molecule has 1 heterocycles. The van der Waals surface area contributed by atoms with Crippen LogP contribution in [-0.4, -0.2) is 30.6 Å². The summed E-state index contributed by atoms with van der Waals surface area (Å²) >= 11 is 18.9. The number of aliphatic imine (C=N–C) groups is 1. The molecule has 5 nitrogen and oxygen atoms in total. The summed E-state index contributed by atoms with van der Waals surface area (Å²) < 4.78 is 5.27. The van der Waals surface area contributed by atoms with E-state index in [-0.39, 0.29) is 5.97 Å². The van der Waals surface area contributed by atoms with E-state index in [4.69, 9.17) is 44.5 Å². The molecule has 1 spiro atoms. The monoisotopic (exact) mass is 499 g/mol. The predicted octanol–water partition coefficient (Wildman–Crippen LogP) is 6.74. The van der Waals surface area contributed by atoms with Gasteiger partial charge in [0.15, 0.2) is 6.04 Å². The Morgan fingerprint density at radius 1 is 0.909 bits per heavy atom. The molecule has 0 N–H and O–H groups in total. The lowest BCUT2D eigenvalue weighted by Gasteiger charge is -2.26. The highest BCUT2D eigenvalue weighted by molar-refractivity contribution is 6.32. The highest BCUT2D eigenvalue weighted by Gasteiger charge is 2.67. The topological polar surface area (TPSA) is 45.1 Å². The van der Waals surface area contributed by atoms with Crippen LogP contribution < -0.4 is 9.80 Å². The van der Waals surface area contributed by atoms with Crippen molar-refractivity contribution in [2.45, 2.75) is 24.4 Å². The molecule has 1 saturated carbocycles. The van der Waals surface area contributed by atoms with Gasteiger partial charge in [0.25, 0.3) is 0 Å². The van der Waals surface area contributed by atoms with Gasteiger partial charge in [0.2, 0.25) is 5.96 Å². The van der Waals surface area contributed by atoms with Crippen molar-refractivity contribution in [3.05, 3.63) is 87.9 Å². The highest BCUT2D eigenvalue weighted by atomic mass is 35.5. The Morgan fingerprint density at radius 2 is 1.48 bits per heavy atom.